The number of carbonyl (C=O) groups is 1. The van der Waals surface area contributed by atoms with E-state index in [1.54, 1.807) is 0 Å². The van der Waals surface area contributed by atoms with E-state index < -0.39 is 12.7 Å². The first-order valence-corrected chi connectivity index (χ1v) is 8.69. The molecule has 0 aliphatic carbocycles. The molecule has 2 N–H and O–H groups in total. The SMILES string of the molecule is O=C(NCCCc1cccc(Br)c1)NC1CCN(CC(F)(F)F)C1. The van der Waals surface area contributed by atoms with Crippen molar-refractivity contribution in [3.8, 4) is 0 Å². The van der Waals surface area contributed by atoms with Crippen molar-refractivity contribution in [1.29, 1.82) is 0 Å². The van der Waals surface area contributed by atoms with Crippen LogP contribution in [-0.4, -0.2) is 49.3 Å². The predicted molar refractivity (Wildman–Crippen MR) is 89.9 cm³/mol. The number of nitrogens with zero attached hydrogens (tertiary/aromatic N) is 1. The highest BCUT2D eigenvalue weighted by Crippen LogP contribution is 2.19. The van der Waals surface area contributed by atoms with Gasteiger partial charge in [0, 0.05) is 30.1 Å². The van der Waals surface area contributed by atoms with Gasteiger partial charge in [0.2, 0.25) is 0 Å². The van der Waals surface area contributed by atoms with Gasteiger partial charge in [0.05, 0.1) is 6.54 Å². The maximum absolute atomic E-state index is 12.3. The van der Waals surface area contributed by atoms with Crippen molar-refractivity contribution in [2.24, 2.45) is 0 Å². The maximum atomic E-state index is 12.3. The van der Waals surface area contributed by atoms with E-state index in [2.05, 4.69) is 26.6 Å². The van der Waals surface area contributed by atoms with Crippen LogP contribution in [0.2, 0.25) is 0 Å². The minimum atomic E-state index is -4.19. The molecule has 1 aliphatic heterocycles. The lowest BCUT2D eigenvalue weighted by Crippen LogP contribution is -2.44. The fourth-order valence-electron chi connectivity index (χ4n) is 2.77. The van der Waals surface area contributed by atoms with E-state index in [0.29, 0.717) is 19.5 Å². The summed E-state index contributed by atoms with van der Waals surface area (Å²) in [5.41, 5.74) is 1.19. The van der Waals surface area contributed by atoms with E-state index in [1.165, 1.54) is 10.5 Å². The first kappa shape index (κ1) is 19.1. The summed E-state index contributed by atoms with van der Waals surface area (Å²) in [4.78, 5) is 13.1. The lowest BCUT2D eigenvalue weighted by atomic mass is 10.1. The topological polar surface area (TPSA) is 44.4 Å². The van der Waals surface area contributed by atoms with Crippen molar-refractivity contribution in [3.05, 3.63) is 34.3 Å². The van der Waals surface area contributed by atoms with E-state index in [-0.39, 0.29) is 18.6 Å². The Balaban J connectivity index is 1.60. The average Bonchev–Trinajstić information content (AvgIpc) is 2.88. The second kappa shape index (κ2) is 8.71. The van der Waals surface area contributed by atoms with Gasteiger partial charge in [-0.25, -0.2) is 4.79 Å². The van der Waals surface area contributed by atoms with Crippen molar-refractivity contribution < 1.29 is 18.0 Å². The third-order valence-corrected chi connectivity index (χ3v) is 4.32. The van der Waals surface area contributed by atoms with Crippen LogP contribution < -0.4 is 10.6 Å². The molecule has 1 heterocycles. The normalized spacial score (nSPS) is 18.6. The largest absolute Gasteiger partial charge is 0.401 e. The second-order valence-corrected chi connectivity index (χ2v) is 6.89. The number of hydrogen-bond donors (Lipinski definition) is 2. The molecular weight excluding hydrogens is 387 g/mol. The van der Waals surface area contributed by atoms with Crippen molar-refractivity contribution in [2.75, 3.05) is 26.2 Å². The van der Waals surface area contributed by atoms with E-state index in [1.807, 2.05) is 24.3 Å². The molecule has 1 unspecified atom stereocenters. The molecule has 8 heteroatoms. The summed E-state index contributed by atoms with van der Waals surface area (Å²) < 4.78 is 38.0. The molecule has 1 atom stereocenters. The molecule has 0 aromatic heterocycles. The number of aryl methyl sites for hydroxylation is 1. The van der Waals surface area contributed by atoms with Crippen LogP contribution in [0.25, 0.3) is 0 Å². The van der Waals surface area contributed by atoms with Crippen LogP contribution in [0.3, 0.4) is 0 Å². The molecule has 0 saturated carbocycles. The lowest BCUT2D eigenvalue weighted by Gasteiger charge is -2.18. The molecule has 1 saturated heterocycles. The number of carbonyl (C=O) groups excluding carboxylic acids is 1. The Morgan fingerprint density at radius 2 is 2.17 bits per heavy atom. The highest BCUT2D eigenvalue weighted by molar-refractivity contribution is 9.10. The van der Waals surface area contributed by atoms with Gasteiger partial charge in [-0.1, -0.05) is 28.1 Å². The monoisotopic (exact) mass is 407 g/mol. The Bertz CT molecular complexity index is 554. The van der Waals surface area contributed by atoms with Gasteiger partial charge in [-0.05, 0) is 37.0 Å². The third-order valence-electron chi connectivity index (χ3n) is 3.83. The molecule has 0 bridgehead atoms. The standard InChI is InChI=1S/C16H21BrF3N3O/c17-13-5-1-3-12(9-13)4-2-7-21-15(24)22-14-6-8-23(10-14)11-16(18,19)20/h1,3,5,9,14H,2,4,6-8,10-11H2,(H2,21,22,24). The first-order valence-electron chi connectivity index (χ1n) is 7.90. The highest BCUT2D eigenvalue weighted by atomic mass is 79.9. The molecule has 0 radical (unpaired) electrons. The molecular formula is C16H21BrF3N3O. The molecule has 1 aromatic rings. The Hall–Kier alpha value is -1.28. The lowest BCUT2D eigenvalue weighted by molar-refractivity contribution is -0.143. The predicted octanol–water partition coefficient (Wildman–Crippen LogP) is 3.32. The zero-order chi connectivity index (χ0) is 17.6. The Morgan fingerprint density at radius 3 is 2.88 bits per heavy atom. The van der Waals surface area contributed by atoms with Gasteiger partial charge < -0.3 is 10.6 Å². The molecule has 4 nitrogen and oxygen atoms in total. The van der Waals surface area contributed by atoms with E-state index in [4.69, 9.17) is 0 Å². The number of alkyl halides is 3. The fraction of sp³-hybridized carbons (Fsp3) is 0.562. The van der Waals surface area contributed by atoms with Gasteiger partial charge in [-0.2, -0.15) is 13.2 Å². The zero-order valence-corrected chi connectivity index (χ0v) is 14.8. The number of hydrogen-bond acceptors (Lipinski definition) is 2. The van der Waals surface area contributed by atoms with Crippen molar-refractivity contribution in [3.63, 3.8) is 0 Å². The van der Waals surface area contributed by atoms with Crippen LogP contribution in [0.1, 0.15) is 18.4 Å². The van der Waals surface area contributed by atoms with Crippen LogP contribution in [0.4, 0.5) is 18.0 Å². The van der Waals surface area contributed by atoms with Crippen LogP contribution in [0.5, 0.6) is 0 Å². The second-order valence-electron chi connectivity index (χ2n) is 5.97. The summed E-state index contributed by atoms with van der Waals surface area (Å²) in [6.07, 6.45) is -2.00. The van der Waals surface area contributed by atoms with Crippen LogP contribution in [0.15, 0.2) is 28.7 Å². The Kier molecular flexibility index (Phi) is 6.91. The summed E-state index contributed by atoms with van der Waals surface area (Å²) >= 11 is 3.41. The zero-order valence-electron chi connectivity index (χ0n) is 13.2. The summed E-state index contributed by atoms with van der Waals surface area (Å²) in [6, 6.07) is 7.44. The van der Waals surface area contributed by atoms with Gasteiger partial charge in [0.1, 0.15) is 0 Å². The van der Waals surface area contributed by atoms with Gasteiger partial charge in [0.25, 0.3) is 0 Å². The number of benzene rings is 1. The quantitative estimate of drug-likeness (QED) is 0.710. The molecule has 24 heavy (non-hydrogen) atoms. The van der Waals surface area contributed by atoms with E-state index >= 15 is 0 Å². The van der Waals surface area contributed by atoms with E-state index in [0.717, 1.165) is 17.3 Å². The fourth-order valence-corrected chi connectivity index (χ4v) is 3.22. The number of urea groups is 1. The number of rotatable bonds is 6. The van der Waals surface area contributed by atoms with Crippen molar-refractivity contribution in [1.82, 2.24) is 15.5 Å². The molecule has 2 amide bonds. The molecule has 1 fully saturated rings. The molecule has 2 rings (SSSR count). The molecule has 1 aromatic carbocycles. The van der Waals surface area contributed by atoms with E-state index in [9.17, 15) is 18.0 Å². The minimum Gasteiger partial charge on any atom is -0.338 e. The van der Waals surface area contributed by atoms with Gasteiger partial charge in [0.15, 0.2) is 0 Å². The van der Waals surface area contributed by atoms with Crippen LogP contribution in [0, 0.1) is 0 Å². The molecule has 0 spiro atoms. The molecule has 1 aliphatic rings. The molecule has 134 valence electrons. The summed E-state index contributed by atoms with van der Waals surface area (Å²) in [6.45, 7) is 0.203. The number of halogens is 4. The summed E-state index contributed by atoms with van der Waals surface area (Å²) in [7, 11) is 0. The minimum absolute atomic E-state index is 0.225. The Labute approximate surface area is 147 Å². The van der Waals surface area contributed by atoms with Gasteiger partial charge in [-0.3, -0.25) is 4.90 Å². The number of nitrogens with one attached hydrogen (secondary N) is 2. The third kappa shape index (κ3) is 7.09. The van der Waals surface area contributed by atoms with Gasteiger partial charge in [-0.15, -0.1) is 0 Å². The first-order chi connectivity index (χ1) is 11.3. The summed E-state index contributed by atoms with van der Waals surface area (Å²) in [5, 5.41) is 5.49. The highest BCUT2D eigenvalue weighted by Gasteiger charge is 2.34. The Morgan fingerprint density at radius 1 is 1.38 bits per heavy atom. The average molecular weight is 408 g/mol. The maximum Gasteiger partial charge on any atom is 0.401 e. The summed E-state index contributed by atoms with van der Waals surface area (Å²) in [5.74, 6) is 0. The van der Waals surface area contributed by atoms with Gasteiger partial charge >= 0.3 is 12.2 Å². The van der Waals surface area contributed by atoms with Crippen LogP contribution in [-0.2, 0) is 6.42 Å². The number of likely N-dealkylation sites (tertiary alicyclic amines) is 1. The van der Waals surface area contributed by atoms with Crippen molar-refractivity contribution >= 4 is 22.0 Å². The smallest absolute Gasteiger partial charge is 0.338 e. The number of amides is 2. The van der Waals surface area contributed by atoms with Crippen molar-refractivity contribution in [2.45, 2.75) is 31.5 Å². The van der Waals surface area contributed by atoms with Crippen LogP contribution >= 0.6 is 15.9 Å².